The van der Waals surface area contributed by atoms with E-state index < -0.39 is 43.1 Å². The number of hydrogen-bond donors (Lipinski definition) is 4. The lowest BCUT2D eigenvalue weighted by Gasteiger charge is -2.42. The van der Waals surface area contributed by atoms with E-state index in [1.165, 1.54) is 11.6 Å². The maximum absolute atomic E-state index is 11.7. The zero-order valence-electron chi connectivity index (χ0n) is 15.8. The Morgan fingerprint density at radius 3 is 2.59 bits per heavy atom. The van der Waals surface area contributed by atoms with Crippen LogP contribution in [-0.2, 0) is 9.53 Å². The Bertz CT molecular complexity index is 944. The fourth-order valence-electron chi connectivity index (χ4n) is 3.62. The van der Waals surface area contributed by atoms with Crippen molar-refractivity contribution in [1.82, 2.24) is 24.6 Å². The van der Waals surface area contributed by atoms with Gasteiger partial charge in [0.25, 0.3) is 0 Å². The van der Waals surface area contributed by atoms with Gasteiger partial charge in [-0.2, -0.15) is 0 Å². The monoisotopic (exact) mass is 421 g/mol. The minimum absolute atomic E-state index is 0.214. The molecular formula is C18H23N5O5S. The van der Waals surface area contributed by atoms with Gasteiger partial charge in [-0.25, -0.2) is 4.68 Å². The fraction of sp³-hybridized carbons (Fsp3) is 0.556. The summed E-state index contributed by atoms with van der Waals surface area (Å²) in [6, 6.07) is 2.86. The van der Waals surface area contributed by atoms with E-state index in [9.17, 15) is 20.1 Å². The van der Waals surface area contributed by atoms with Gasteiger partial charge >= 0.3 is 0 Å². The zero-order valence-corrected chi connectivity index (χ0v) is 16.6. The highest BCUT2D eigenvalue weighted by Crippen LogP contribution is 2.39. The van der Waals surface area contributed by atoms with Crippen LogP contribution in [0.25, 0.3) is 11.4 Å². The van der Waals surface area contributed by atoms with Crippen LogP contribution in [0, 0.1) is 4.77 Å². The number of nitrogens with zero attached hydrogens (tertiary/aromatic N) is 4. The van der Waals surface area contributed by atoms with Crippen molar-refractivity contribution >= 4 is 18.1 Å². The summed E-state index contributed by atoms with van der Waals surface area (Å²) in [5, 5.41) is 37.6. The number of hydrogen-bond acceptors (Lipinski definition) is 8. The molecule has 1 aliphatic heterocycles. The van der Waals surface area contributed by atoms with Gasteiger partial charge < -0.3 is 25.4 Å². The highest BCUT2D eigenvalue weighted by molar-refractivity contribution is 7.71. The number of aromatic nitrogens is 4. The summed E-state index contributed by atoms with van der Waals surface area (Å²) in [5.41, 5.74) is 0.822. The van der Waals surface area contributed by atoms with Gasteiger partial charge in [-0.3, -0.25) is 14.3 Å². The molecule has 11 heteroatoms. The van der Waals surface area contributed by atoms with Crippen molar-refractivity contribution in [1.29, 1.82) is 0 Å². The number of pyridine rings is 1. The Morgan fingerprint density at radius 2 is 2.00 bits per heavy atom. The Kier molecular flexibility index (Phi) is 5.49. The van der Waals surface area contributed by atoms with Crippen molar-refractivity contribution in [3.05, 3.63) is 29.3 Å². The summed E-state index contributed by atoms with van der Waals surface area (Å²) in [4.78, 5) is 15.7. The largest absolute Gasteiger partial charge is 0.394 e. The van der Waals surface area contributed by atoms with Crippen LogP contribution in [0.2, 0.25) is 0 Å². The number of aliphatic hydroxyl groups excluding tert-OH is 3. The van der Waals surface area contributed by atoms with Gasteiger partial charge in [0.15, 0.2) is 12.1 Å². The minimum Gasteiger partial charge on any atom is -0.394 e. The van der Waals surface area contributed by atoms with E-state index in [1.807, 2.05) is 16.7 Å². The molecule has 4 rings (SSSR count). The normalized spacial score (nSPS) is 29.6. The molecule has 0 aromatic carbocycles. The molecule has 1 saturated heterocycles. The number of carbonyl (C=O) groups excluding carboxylic acids is 1. The average Bonchev–Trinajstić information content (AvgIpc) is 3.49. The molecule has 5 atom stereocenters. The van der Waals surface area contributed by atoms with Gasteiger partial charge in [-0.1, -0.05) is 0 Å². The molecule has 1 saturated carbocycles. The summed E-state index contributed by atoms with van der Waals surface area (Å²) >= 11 is 5.67. The van der Waals surface area contributed by atoms with Crippen LogP contribution in [0.15, 0.2) is 24.5 Å². The van der Waals surface area contributed by atoms with Gasteiger partial charge in [0.05, 0.1) is 6.61 Å². The molecule has 4 N–H and O–H groups in total. The van der Waals surface area contributed by atoms with Gasteiger partial charge in [-0.05, 0) is 37.2 Å². The lowest BCUT2D eigenvalue weighted by atomic mass is 9.96. The molecule has 156 valence electrons. The fourth-order valence-corrected chi connectivity index (χ4v) is 4.00. The first-order valence-electron chi connectivity index (χ1n) is 9.43. The summed E-state index contributed by atoms with van der Waals surface area (Å²) in [7, 11) is 0. The van der Waals surface area contributed by atoms with Crippen molar-refractivity contribution in [3.8, 4) is 11.4 Å². The molecule has 10 nitrogen and oxygen atoms in total. The summed E-state index contributed by atoms with van der Waals surface area (Å²) in [5.74, 6) is 0.228. The predicted octanol–water partition coefficient (Wildman–Crippen LogP) is -0.0728. The number of amides is 1. The first-order chi connectivity index (χ1) is 13.9. The van der Waals surface area contributed by atoms with Crippen molar-refractivity contribution in [2.75, 3.05) is 6.61 Å². The molecule has 0 unspecified atom stereocenters. The topological polar surface area (TPSA) is 135 Å². The predicted molar refractivity (Wildman–Crippen MR) is 103 cm³/mol. The first kappa shape index (κ1) is 20.1. The molecule has 1 aliphatic carbocycles. The second kappa shape index (κ2) is 7.92. The quantitative estimate of drug-likeness (QED) is 0.493. The van der Waals surface area contributed by atoms with Crippen LogP contribution < -0.4 is 5.32 Å². The van der Waals surface area contributed by atoms with Crippen molar-refractivity contribution in [2.24, 2.45) is 0 Å². The molecule has 3 heterocycles. The molecule has 2 aromatic rings. The van der Waals surface area contributed by atoms with Gasteiger partial charge in [0.2, 0.25) is 10.7 Å². The molecule has 2 aliphatic rings. The number of nitrogens with one attached hydrogen (secondary N) is 1. The summed E-state index contributed by atoms with van der Waals surface area (Å²) in [6.45, 7) is 0.800. The lowest BCUT2D eigenvalue weighted by molar-refractivity contribution is -0.219. The first-order valence-corrected chi connectivity index (χ1v) is 9.84. The van der Waals surface area contributed by atoms with E-state index in [2.05, 4.69) is 15.4 Å². The Morgan fingerprint density at radius 1 is 1.31 bits per heavy atom. The molecule has 0 spiro atoms. The second-order valence-electron chi connectivity index (χ2n) is 7.34. The third-order valence-electron chi connectivity index (χ3n) is 5.19. The second-order valence-corrected chi connectivity index (χ2v) is 7.71. The number of ether oxygens (including phenoxy) is 1. The highest BCUT2D eigenvalue weighted by Gasteiger charge is 2.47. The zero-order chi connectivity index (χ0) is 20.7. The van der Waals surface area contributed by atoms with Crippen molar-refractivity contribution in [2.45, 2.75) is 56.4 Å². The maximum Gasteiger partial charge on any atom is 0.217 e. The Balaban J connectivity index is 1.81. The molecular weight excluding hydrogens is 398 g/mol. The third-order valence-corrected chi connectivity index (χ3v) is 5.58. The third kappa shape index (κ3) is 3.71. The van der Waals surface area contributed by atoms with E-state index in [0.717, 1.165) is 18.4 Å². The Hall–Kier alpha value is -2.18. The number of rotatable bonds is 5. The summed E-state index contributed by atoms with van der Waals surface area (Å²) in [6.07, 6.45) is 0.486. The van der Waals surface area contributed by atoms with Gasteiger partial charge in [0.1, 0.15) is 24.4 Å². The average molecular weight is 421 g/mol. The van der Waals surface area contributed by atoms with Crippen LogP contribution in [0.5, 0.6) is 0 Å². The van der Waals surface area contributed by atoms with Crippen LogP contribution in [-0.4, -0.2) is 71.5 Å². The summed E-state index contributed by atoms with van der Waals surface area (Å²) < 4.78 is 9.58. The minimum atomic E-state index is -1.37. The standard InChI is InChI=1S/C18H23N5O5S/c1-9(25)20-13-15(27)14(26)12(8-24)28-17(13)23-18(29)22(11-2-3-11)16(21-23)10-4-6-19-7-5-10/h4-7,11-15,17,24,26-27H,2-3,8H2,1H3,(H,20,25)/t12-,13-,14-,15-,17-/m1/s1. The van der Waals surface area contributed by atoms with E-state index >= 15 is 0 Å². The van der Waals surface area contributed by atoms with E-state index in [4.69, 9.17) is 17.0 Å². The smallest absolute Gasteiger partial charge is 0.217 e. The molecule has 0 radical (unpaired) electrons. The molecule has 1 amide bonds. The Labute approximate surface area is 171 Å². The maximum atomic E-state index is 11.7. The molecule has 2 fully saturated rings. The highest BCUT2D eigenvalue weighted by atomic mass is 32.1. The van der Waals surface area contributed by atoms with Crippen LogP contribution in [0.4, 0.5) is 0 Å². The van der Waals surface area contributed by atoms with Gasteiger partial charge in [-0.15, -0.1) is 5.10 Å². The van der Waals surface area contributed by atoms with Crippen LogP contribution in [0.1, 0.15) is 32.0 Å². The van der Waals surface area contributed by atoms with E-state index in [0.29, 0.717) is 10.6 Å². The molecule has 2 aromatic heterocycles. The molecule has 29 heavy (non-hydrogen) atoms. The SMILES string of the molecule is CC(=O)N[C@@H]1[C@@H](O)[C@H](O)[C@@H](CO)O[C@H]1n1nc(-c2ccncc2)n(C2CC2)c1=S. The van der Waals surface area contributed by atoms with Gasteiger partial charge in [0, 0.05) is 30.9 Å². The van der Waals surface area contributed by atoms with Crippen LogP contribution >= 0.6 is 12.2 Å². The van der Waals surface area contributed by atoms with E-state index in [-0.39, 0.29) is 6.04 Å². The van der Waals surface area contributed by atoms with Crippen LogP contribution in [0.3, 0.4) is 0 Å². The lowest BCUT2D eigenvalue weighted by Crippen LogP contribution is -2.62. The van der Waals surface area contributed by atoms with Crippen molar-refractivity contribution in [3.63, 3.8) is 0 Å². The number of aliphatic hydroxyl groups is 3. The van der Waals surface area contributed by atoms with E-state index in [1.54, 1.807) is 12.4 Å². The van der Waals surface area contributed by atoms with Crippen molar-refractivity contribution < 1.29 is 24.9 Å². The number of carbonyl (C=O) groups is 1. The molecule has 0 bridgehead atoms.